The molecule has 2 aromatic carbocycles. The molecule has 0 atom stereocenters. The maximum atomic E-state index is 5.84. The summed E-state index contributed by atoms with van der Waals surface area (Å²) in [6.45, 7) is 13.8. The minimum Gasteiger partial charge on any atom is -0.377 e. The molecule has 0 saturated carbocycles. The number of para-hydroxylation sites is 4. The molecule has 52 heavy (non-hydrogen) atoms. The summed E-state index contributed by atoms with van der Waals surface area (Å²) in [6.07, 6.45) is 4.26. The summed E-state index contributed by atoms with van der Waals surface area (Å²) >= 11 is 0. The second kappa shape index (κ2) is 25.1. The predicted molar refractivity (Wildman–Crippen MR) is 192 cm³/mol. The molecule has 0 saturated heterocycles. The van der Waals surface area contributed by atoms with Crippen molar-refractivity contribution < 1.29 is 56.5 Å². The summed E-state index contributed by atoms with van der Waals surface area (Å²) in [6, 6.07) is 16.8. The molecule has 4 aromatic rings. The first-order chi connectivity index (χ1) is 25.9. The average molecular weight is 731 g/mol. The molecule has 0 amide bonds. The van der Waals surface area contributed by atoms with Gasteiger partial charge in [-0.05, 0) is 24.3 Å². The summed E-state index contributed by atoms with van der Waals surface area (Å²) in [5.41, 5.74) is 4.67. The average Bonchev–Trinajstić information content (AvgIpc) is 3.71. The van der Waals surface area contributed by atoms with Crippen LogP contribution in [0.2, 0.25) is 0 Å². The maximum absolute atomic E-state index is 5.84. The Hall–Kier alpha value is -3.02. The molecule has 0 radical (unpaired) electrons. The van der Waals surface area contributed by atoms with Gasteiger partial charge in [-0.25, -0.2) is 18.3 Å². The minimum absolute atomic E-state index is 0.520. The quantitative estimate of drug-likeness (QED) is 0.250. The molecule has 0 spiro atoms. The molecule has 1 aliphatic heterocycles. The van der Waals surface area contributed by atoms with E-state index in [2.05, 4.69) is 79.5 Å². The molecule has 288 valence electrons. The maximum Gasteiger partial charge on any atom is 0.244 e. The predicted octanol–water partition coefficient (Wildman–Crippen LogP) is 2.05. The third-order valence-corrected chi connectivity index (χ3v) is 8.44. The van der Waals surface area contributed by atoms with Crippen LogP contribution >= 0.6 is 0 Å². The number of nitrogens with zero attached hydrogens (tertiary/aromatic N) is 4. The number of fused-ring (bicyclic) bond motifs is 10. The summed E-state index contributed by atoms with van der Waals surface area (Å²) in [4.78, 5) is 0. The number of benzene rings is 2. The van der Waals surface area contributed by atoms with Gasteiger partial charge in [0.15, 0.2) is 22.1 Å². The molecule has 4 bridgehead atoms. The lowest BCUT2D eigenvalue weighted by molar-refractivity contribution is -0.674. The summed E-state index contributed by atoms with van der Waals surface area (Å²) in [5, 5.41) is 0. The molecule has 14 nitrogen and oxygen atoms in total. The molecular formula is C38H58N4O10+2. The fourth-order valence-electron chi connectivity index (χ4n) is 5.81. The van der Waals surface area contributed by atoms with E-state index in [1.54, 1.807) is 0 Å². The lowest BCUT2D eigenvalue weighted by Gasteiger charge is -2.08. The van der Waals surface area contributed by atoms with Gasteiger partial charge in [-0.3, -0.25) is 0 Å². The van der Waals surface area contributed by atoms with Crippen LogP contribution < -0.4 is 9.13 Å². The molecule has 0 unspecified atom stereocenters. The van der Waals surface area contributed by atoms with Crippen LogP contribution in [0.25, 0.3) is 22.1 Å². The van der Waals surface area contributed by atoms with Crippen molar-refractivity contribution in [1.82, 2.24) is 9.13 Å². The van der Waals surface area contributed by atoms with Gasteiger partial charge in [0, 0.05) is 0 Å². The molecule has 14 heteroatoms. The fraction of sp³-hybridized carbons (Fsp3) is 0.632. The standard InChI is InChI=1S/C38H58N4O10/c1-2-6-36-35(5-1)39-9-13-43-17-21-47-25-29-51-31-27-49-23-19-45-15-11-41-34-42(38-8-4-3-7-37(38)41)12-16-46-20-24-50-28-32-52-30-26-48-22-18-44-14-10-40(36)33-39/h1-8,33-34H,9-32H2/q+2. The van der Waals surface area contributed by atoms with E-state index in [0.717, 1.165) is 26.2 Å². The Kier molecular flexibility index (Phi) is 19.4. The largest absolute Gasteiger partial charge is 0.377 e. The minimum atomic E-state index is 0.520. The molecule has 1 aliphatic rings. The van der Waals surface area contributed by atoms with Gasteiger partial charge in [-0.15, -0.1) is 0 Å². The Morgan fingerprint density at radius 3 is 0.923 bits per heavy atom. The van der Waals surface area contributed by atoms with Gasteiger partial charge in [-0.1, -0.05) is 24.3 Å². The van der Waals surface area contributed by atoms with Crippen molar-refractivity contribution in [3.63, 3.8) is 0 Å². The van der Waals surface area contributed by atoms with Gasteiger partial charge < -0.3 is 47.4 Å². The first-order valence-electron chi connectivity index (χ1n) is 18.6. The van der Waals surface area contributed by atoms with Crippen molar-refractivity contribution in [3.8, 4) is 0 Å². The van der Waals surface area contributed by atoms with Gasteiger partial charge >= 0.3 is 0 Å². The Bertz CT molecular complexity index is 1300. The molecule has 5 rings (SSSR count). The second-order valence-electron chi connectivity index (χ2n) is 12.1. The fourth-order valence-corrected chi connectivity index (χ4v) is 5.81. The first kappa shape index (κ1) is 40.2. The Labute approximate surface area is 306 Å². The molecule has 2 aromatic heterocycles. The van der Waals surface area contributed by atoms with Crippen molar-refractivity contribution in [2.24, 2.45) is 0 Å². The highest BCUT2D eigenvalue weighted by molar-refractivity contribution is 5.72. The Morgan fingerprint density at radius 2 is 0.596 bits per heavy atom. The van der Waals surface area contributed by atoms with Crippen LogP contribution in [0, 0.1) is 0 Å². The highest BCUT2D eigenvalue weighted by atomic mass is 16.6. The number of rotatable bonds is 0. The van der Waals surface area contributed by atoms with E-state index >= 15 is 0 Å². The zero-order chi connectivity index (χ0) is 35.7. The van der Waals surface area contributed by atoms with Crippen molar-refractivity contribution in [2.75, 3.05) is 132 Å². The van der Waals surface area contributed by atoms with E-state index in [9.17, 15) is 0 Å². The number of hydrogen-bond donors (Lipinski definition) is 0. The third kappa shape index (κ3) is 14.4. The van der Waals surface area contributed by atoms with Crippen molar-refractivity contribution in [1.29, 1.82) is 0 Å². The molecule has 0 N–H and O–H groups in total. The zero-order valence-corrected chi connectivity index (χ0v) is 30.6. The number of aromatic nitrogens is 4. The molecular weight excluding hydrogens is 672 g/mol. The molecule has 0 aliphatic carbocycles. The zero-order valence-electron chi connectivity index (χ0n) is 30.6. The van der Waals surface area contributed by atoms with Crippen LogP contribution in [0.1, 0.15) is 0 Å². The highest BCUT2D eigenvalue weighted by Crippen LogP contribution is 2.12. The summed E-state index contributed by atoms with van der Waals surface area (Å²) in [7, 11) is 0. The van der Waals surface area contributed by atoms with Crippen LogP contribution in [0.15, 0.2) is 61.2 Å². The number of ether oxygens (including phenoxy) is 10. The monoisotopic (exact) mass is 730 g/mol. The third-order valence-electron chi connectivity index (χ3n) is 8.44. The van der Waals surface area contributed by atoms with Crippen LogP contribution in [0.4, 0.5) is 0 Å². The van der Waals surface area contributed by atoms with Gasteiger partial charge in [0.1, 0.15) is 26.2 Å². The highest BCUT2D eigenvalue weighted by Gasteiger charge is 2.16. The van der Waals surface area contributed by atoms with Gasteiger partial charge in [0.25, 0.3) is 0 Å². The topological polar surface area (TPSA) is 110 Å². The van der Waals surface area contributed by atoms with E-state index in [0.29, 0.717) is 132 Å². The number of hydrogen-bond acceptors (Lipinski definition) is 10. The van der Waals surface area contributed by atoms with Crippen molar-refractivity contribution in [3.05, 3.63) is 61.2 Å². The van der Waals surface area contributed by atoms with Gasteiger partial charge in [0.05, 0.1) is 132 Å². The first-order valence-corrected chi connectivity index (χ1v) is 18.6. The van der Waals surface area contributed by atoms with Crippen LogP contribution in [-0.2, 0) is 73.5 Å². The van der Waals surface area contributed by atoms with E-state index in [1.807, 2.05) is 0 Å². The Balaban J connectivity index is 0.997. The van der Waals surface area contributed by atoms with E-state index in [4.69, 9.17) is 47.4 Å². The van der Waals surface area contributed by atoms with E-state index in [-0.39, 0.29) is 0 Å². The van der Waals surface area contributed by atoms with Crippen molar-refractivity contribution >= 4 is 22.1 Å². The van der Waals surface area contributed by atoms with Crippen molar-refractivity contribution in [2.45, 2.75) is 26.2 Å². The van der Waals surface area contributed by atoms with E-state index in [1.165, 1.54) is 22.1 Å². The van der Waals surface area contributed by atoms with Gasteiger partial charge in [-0.2, -0.15) is 0 Å². The lowest BCUT2D eigenvalue weighted by atomic mass is 10.3. The van der Waals surface area contributed by atoms with Gasteiger partial charge in [0.2, 0.25) is 12.7 Å². The Morgan fingerprint density at radius 1 is 0.327 bits per heavy atom. The SMILES string of the molecule is c1ccc2c(c1)n1c[n+]2CCOCCOCCOCCOCCOCC[n+]2cn(c3ccccc32)CCOCCOCCOCCOCCOCC1. The lowest BCUT2D eigenvalue weighted by Crippen LogP contribution is -2.35. The smallest absolute Gasteiger partial charge is 0.244 e. The second-order valence-corrected chi connectivity index (χ2v) is 12.1. The normalized spacial score (nSPS) is 20.0. The van der Waals surface area contributed by atoms with Crippen LogP contribution in [0.5, 0.6) is 0 Å². The van der Waals surface area contributed by atoms with Crippen LogP contribution in [0.3, 0.4) is 0 Å². The summed E-state index contributed by atoms with van der Waals surface area (Å²) in [5.74, 6) is 0. The molecule has 3 heterocycles. The van der Waals surface area contributed by atoms with Crippen LogP contribution in [-0.4, -0.2) is 141 Å². The summed E-state index contributed by atoms with van der Waals surface area (Å²) < 4.78 is 66.1. The number of imidazole rings is 2. The van der Waals surface area contributed by atoms with E-state index < -0.39 is 0 Å². The molecule has 0 fully saturated rings.